The third-order valence-electron chi connectivity index (χ3n) is 8.82. The summed E-state index contributed by atoms with van der Waals surface area (Å²) in [7, 11) is 0. The largest absolute Gasteiger partial charge is 0.381 e. The minimum Gasteiger partial charge on any atom is -0.381 e. The summed E-state index contributed by atoms with van der Waals surface area (Å²) in [5.74, 6) is 0.775. The molecule has 1 amide bonds. The van der Waals surface area contributed by atoms with Crippen molar-refractivity contribution in [3.8, 4) is 11.1 Å². The SMILES string of the molecule is CCN(c1cc(-c2ccc(CNCC3CC3)cc2)cc(CC(=O)NCc2c(C)cc(C)[nH]c2=O)c1C)C1CCOCC1. The number of aryl methyl sites for hydroxylation is 2. The van der Waals surface area contributed by atoms with Crippen LogP contribution in [0.25, 0.3) is 11.1 Å². The smallest absolute Gasteiger partial charge is 0.253 e. The highest BCUT2D eigenvalue weighted by Gasteiger charge is 2.24. The lowest BCUT2D eigenvalue weighted by Gasteiger charge is -2.37. The minimum absolute atomic E-state index is 0.0909. The predicted octanol–water partition coefficient (Wildman–Crippen LogP) is 5.33. The molecule has 2 fully saturated rings. The summed E-state index contributed by atoms with van der Waals surface area (Å²) in [6.07, 6.45) is 4.97. The van der Waals surface area contributed by atoms with E-state index < -0.39 is 0 Å². The fourth-order valence-corrected chi connectivity index (χ4v) is 6.11. The molecule has 1 saturated heterocycles. The number of rotatable bonds is 12. The quantitative estimate of drug-likeness (QED) is 0.274. The molecule has 1 aliphatic carbocycles. The first-order valence-electron chi connectivity index (χ1n) is 15.6. The zero-order valence-electron chi connectivity index (χ0n) is 25.6. The molecule has 1 saturated carbocycles. The van der Waals surface area contributed by atoms with Crippen LogP contribution in [0.15, 0.2) is 47.3 Å². The number of aromatic nitrogens is 1. The third-order valence-corrected chi connectivity index (χ3v) is 8.82. The molecule has 1 aliphatic heterocycles. The minimum atomic E-state index is -0.144. The van der Waals surface area contributed by atoms with Gasteiger partial charge in [-0.3, -0.25) is 9.59 Å². The van der Waals surface area contributed by atoms with Crippen LogP contribution in [0.5, 0.6) is 0 Å². The van der Waals surface area contributed by atoms with Gasteiger partial charge >= 0.3 is 0 Å². The van der Waals surface area contributed by atoms with Crippen LogP contribution in [0.1, 0.15) is 66.1 Å². The molecule has 224 valence electrons. The molecule has 2 aliphatic rings. The highest BCUT2D eigenvalue weighted by molar-refractivity contribution is 5.82. The lowest BCUT2D eigenvalue weighted by atomic mass is 9.93. The number of amides is 1. The second-order valence-corrected chi connectivity index (χ2v) is 12.1. The Morgan fingerprint density at radius 3 is 2.38 bits per heavy atom. The Kier molecular flexibility index (Phi) is 9.80. The molecule has 0 bridgehead atoms. The van der Waals surface area contributed by atoms with Gasteiger partial charge in [-0.05, 0) is 111 Å². The van der Waals surface area contributed by atoms with E-state index in [4.69, 9.17) is 4.74 Å². The Bertz CT molecular complexity index is 1440. The van der Waals surface area contributed by atoms with Gasteiger partial charge in [-0.2, -0.15) is 0 Å². The van der Waals surface area contributed by atoms with Gasteiger partial charge in [0.25, 0.3) is 5.56 Å². The van der Waals surface area contributed by atoms with Crippen molar-refractivity contribution in [1.29, 1.82) is 0 Å². The molecule has 7 nitrogen and oxygen atoms in total. The van der Waals surface area contributed by atoms with Crippen LogP contribution >= 0.6 is 0 Å². The number of H-pyrrole nitrogens is 1. The average Bonchev–Trinajstić information content (AvgIpc) is 3.80. The molecule has 1 aromatic heterocycles. The molecule has 0 unspecified atom stereocenters. The maximum absolute atomic E-state index is 13.3. The lowest BCUT2D eigenvalue weighted by molar-refractivity contribution is -0.120. The Morgan fingerprint density at radius 2 is 1.71 bits per heavy atom. The average molecular weight is 571 g/mol. The zero-order valence-corrected chi connectivity index (χ0v) is 25.6. The van der Waals surface area contributed by atoms with E-state index in [0.29, 0.717) is 11.6 Å². The summed E-state index contributed by atoms with van der Waals surface area (Å²) in [4.78, 5) is 31.1. The van der Waals surface area contributed by atoms with Crippen LogP contribution in [0, 0.1) is 26.7 Å². The van der Waals surface area contributed by atoms with Crippen LogP contribution in [0.2, 0.25) is 0 Å². The summed E-state index contributed by atoms with van der Waals surface area (Å²) < 4.78 is 5.66. The summed E-state index contributed by atoms with van der Waals surface area (Å²) in [6.45, 7) is 12.8. The summed E-state index contributed by atoms with van der Waals surface area (Å²) >= 11 is 0. The van der Waals surface area contributed by atoms with Gasteiger partial charge in [-0.15, -0.1) is 0 Å². The Morgan fingerprint density at radius 1 is 0.976 bits per heavy atom. The van der Waals surface area contributed by atoms with E-state index in [2.05, 4.69) is 70.8 Å². The normalized spacial score (nSPS) is 15.5. The number of nitrogens with zero attached hydrogens (tertiary/aromatic N) is 1. The highest BCUT2D eigenvalue weighted by atomic mass is 16.5. The Balaban J connectivity index is 1.39. The number of anilines is 1. The molecule has 0 atom stereocenters. The second kappa shape index (κ2) is 13.7. The zero-order chi connectivity index (χ0) is 29.6. The van der Waals surface area contributed by atoms with Gasteiger partial charge in [-0.25, -0.2) is 0 Å². The fraction of sp³-hybridized carbons (Fsp3) is 0.486. The molecule has 7 heteroatoms. The Labute approximate surface area is 250 Å². The van der Waals surface area contributed by atoms with Gasteiger partial charge < -0.3 is 25.3 Å². The van der Waals surface area contributed by atoms with Crippen LogP contribution in [0.3, 0.4) is 0 Å². The fourth-order valence-electron chi connectivity index (χ4n) is 6.11. The molecule has 3 N–H and O–H groups in total. The van der Waals surface area contributed by atoms with E-state index in [9.17, 15) is 9.59 Å². The molecule has 3 aromatic rings. The molecular formula is C35H46N4O3. The van der Waals surface area contributed by atoms with Crippen molar-refractivity contribution in [3.63, 3.8) is 0 Å². The van der Waals surface area contributed by atoms with Crippen molar-refractivity contribution < 1.29 is 9.53 Å². The number of hydrogen-bond acceptors (Lipinski definition) is 5. The molecule has 5 rings (SSSR count). The maximum Gasteiger partial charge on any atom is 0.253 e. The maximum atomic E-state index is 13.3. The summed E-state index contributed by atoms with van der Waals surface area (Å²) in [5.41, 5.74) is 9.04. The lowest BCUT2D eigenvalue weighted by Crippen LogP contribution is -2.40. The van der Waals surface area contributed by atoms with E-state index in [-0.39, 0.29) is 24.4 Å². The van der Waals surface area contributed by atoms with Crippen LogP contribution < -0.4 is 21.1 Å². The summed E-state index contributed by atoms with van der Waals surface area (Å²) in [6, 6.07) is 15.6. The monoisotopic (exact) mass is 570 g/mol. The van der Waals surface area contributed by atoms with Crippen molar-refractivity contribution in [3.05, 3.63) is 86.3 Å². The molecule has 2 heterocycles. The van der Waals surface area contributed by atoms with Crippen LogP contribution in [0.4, 0.5) is 5.69 Å². The number of benzene rings is 2. The Hall–Kier alpha value is -3.42. The van der Waals surface area contributed by atoms with Crippen molar-refractivity contribution in [2.24, 2.45) is 5.92 Å². The number of nitrogens with one attached hydrogen (secondary N) is 3. The number of aromatic amines is 1. The second-order valence-electron chi connectivity index (χ2n) is 12.1. The van der Waals surface area contributed by atoms with E-state index in [1.165, 1.54) is 24.1 Å². The molecular weight excluding hydrogens is 524 g/mol. The van der Waals surface area contributed by atoms with E-state index in [0.717, 1.165) is 85.1 Å². The standard InChI is InChI=1S/C35H46N4O3/c1-5-39(31-12-14-42-15-13-31)33-18-30(28-10-8-27(9-11-28)21-36-20-26-6-7-26)17-29(25(33)4)19-34(40)37-22-32-23(2)16-24(3)38-35(32)41/h8-11,16-18,26,31,36H,5-7,12-15,19-22H2,1-4H3,(H,37,40)(H,38,41). The molecule has 0 spiro atoms. The van der Waals surface area contributed by atoms with Crippen molar-refractivity contribution in [2.45, 2.75) is 78.9 Å². The topological polar surface area (TPSA) is 86.5 Å². The molecule has 2 aromatic carbocycles. The van der Waals surface area contributed by atoms with E-state index in [1.807, 2.05) is 19.9 Å². The van der Waals surface area contributed by atoms with Crippen LogP contribution in [-0.4, -0.2) is 43.2 Å². The number of ether oxygens (including phenoxy) is 1. The van der Waals surface area contributed by atoms with Crippen molar-refractivity contribution in [2.75, 3.05) is 31.2 Å². The number of hydrogen-bond donors (Lipinski definition) is 3. The predicted molar refractivity (Wildman–Crippen MR) is 170 cm³/mol. The van der Waals surface area contributed by atoms with Gasteiger partial charge in [0.05, 0.1) is 6.42 Å². The first kappa shape index (κ1) is 30.1. The van der Waals surface area contributed by atoms with E-state index >= 15 is 0 Å². The highest BCUT2D eigenvalue weighted by Crippen LogP contribution is 2.34. The number of pyridine rings is 1. The first-order chi connectivity index (χ1) is 20.3. The van der Waals surface area contributed by atoms with E-state index in [1.54, 1.807) is 0 Å². The molecule has 42 heavy (non-hydrogen) atoms. The van der Waals surface area contributed by atoms with Crippen LogP contribution in [-0.2, 0) is 29.0 Å². The third kappa shape index (κ3) is 7.50. The van der Waals surface area contributed by atoms with Crippen molar-refractivity contribution >= 4 is 11.6 Å². The number of carbonyl (C=O) groups excluding carboxylic acids is 1. The van der Waals surface area contributed by atoms with Gasteiger partial charge in [-0.1, -0.05) is 30.3 Å². The van der Waals surface area contributed by atoms with Gasteiger partial charge in [0, 0.05) is 55.8 Å². The van der Waals surface area contributed by atoms with Gasteiger partial charge in [0.15, 0.2) is 0 Å². The van der Waals surface area contributed by atoms with Gasteiger partial charge in [0.2, 0.25) is 5.91 Å². The van der Waals surface area contributed by atoms with Crippen molar-refractivity contribution in [1.82, 2.24) is 15.6 Å². The summed E-state index contributed by atoms with van der Waals surface area (Å²) in [5, 5.41) is 6.58. The van der Waals surface area contributed by atoms with Gasteiger partial charge in [0.1, 0.15) is 0 Å². The first-order valence-corrected chi connectivity index (χ1v) is 15.6. The molecule has 0 radical (unpaired) electrons. The number of carbonyl (C=O) groups is 1.